The average Bonchev–Trinajstić information content (AvgIpc) is 3.01. The molecule has 3 nitrogen and oxygen atoms in total. The number of phenols is 1. The summed E-state index contributed by atoms with van der Waals surface area (Å²) in [6.07, 6.45) is 0. The van der Waals surface area contributed by atoms with Crippen molar-refractivity contribution in [3.8, 4) is 11.4 Å². The van der Waals surface area contributed by atoms with E-state index in [1.165, 1.54) is 5.56 Å². The highest BCUT2D eigenvalue weighted by molar-refractivity contribution is 7.98. The third-order valence-electron chi connectivity index (χ3n) is 5.30. The van der Waals surface area contributed by atoms with Gasteiger partial charge in [-0.2, -0.15) is 0 Å². The van der Waals surface area contributed by atoms with Crippen molar-refractivity contribution < 1.29 is 9.90 Å². The molecule has 0 spiro atoms. The summed E-state index contributed by atoms with van der Waals surface area (Å²) in [5.74, 6) is 0.738. The van der Waals surface area contributed by atoms with Gasteiger partial charge >= 0.3 is 0 Å². The molecule has 30 heavy (non-hydrogen) atoms. The highest BCUT2D eigenvalue weighted by atomic mass is 35.5. The Balaban J connectivity index is 1.89. The smallest absolute Gasteiger partial charge is 0.162 e. The van der Waals surface area contributed by atoms with Gasteiger partial charge in [0.05, 0.1) is 5.52 Å². The molecular weight excluding hydrogens is 414 g/mol. The molecule has 0 saturated heterocycles. The second kappa shape index (κ2) is 8.21. The maximum atomic E-state index is 12.6. The van der Waals surface area contributed by atoms with Gasteiger partial charge in [0.25, 0.3) is 0 Å². The van der Waals surface area contributed by atoms with Crippen LogP contribution < -0.4 is 0 Å². The first-order chi connectivity index (χ1) is 14.4. The standard InChI is InChI=1S/C25H22ClNO2S/c1-15-4-8-19(9-5-15)27-16(2)24(17(3)28)25-21(23(29)13-12-22(25)27)14-30-20-10-6-18(26)7-11-20/h4-13,29H,14H2,1-3H3. The van der Waals surface area contributed by atoms with Crippen LogP contribution in [0.5, 0.6) is 5.75 Å². The molecule has 5 heteroatoms. The summed E-state index contributed by atoms with van der Waals surface area (Å²) in [5, 5.41) is 12.2. The van der Waals surface area contributed by atoms with Crippen LogP contribution in [0, 0.1) is 13.8 Å². The number of thioether (sulfide) groups is 1. The molecule has 4 rings (SSSR count). The molecule has 4 aromatic rings. The SMILES string of the molecule is CC(=O)c1c(C)n(-c2ccc(C)cc2)c2ccc(O)c(CSc3ccc(Cl)cc3)c12. The van der Waals surface area contributed by atoms with Crippen LogP contribution in [0.4, 0.5) is 0 Å². The Morgan fingerprint density at radius 3 is 2.30 bits per heavy atom. The van der Waals surface area contributed by atoms with Crippen LogP contribution in [-0.4, -0.2) is 15.5 Å². The Bertz CT molecular complexity index is 1240. The summed E-state index contributed by atoms with van der Waals surface area (Å²) in [7, 11) is 0. The molecule has 1 N–H and O–H groups in total. The molecule has 0 fully saturated rings. The minimum Gasteiger partial charge on any atom is -0.508 e. The number of halogens is 1. The first kappa shape index (κ1) is 20.6. The van der Waals surface area contributed by atoms with Gasteiger partial charge in [0.15, 0.2) is 5.78 Å². The van der Waals surface area contributed by atoms with Crippen molar-refractivity contribution in [3.05, 3.63) is 88.1 Å². The predicted octanol–water partition coefficient (Wildman–Crippen LogP) is 7.10. The number of rotatable bonds is 5. The molecule has 0 radical (unpaired) electrons. The van der Waals surface area contributed by atoms with Gasteiger partial charge < -0.3 is 9.67 Å². The Hall–Kier alpha value is -2.69. The summed E-state index contributed by atoms with van der Waals surface area (Å²) in [4.78, 5) is 13.7. The van der Waals surface area contributed by atoms with Gasteiger partial charge in [0.1, 0.15) is 5.75 Å². The number of carbonyl (C=O) groups excluding carboxylic acids is 1. The number of aromatic hydroxyl groups is 1. The zero-order valence-corrected chi connectivity index (χ0v) is 18.6. The van der Waals surface area contributed by atoms with Gasteiger partial charge in [0, 0.05) is 43.6 Å². The first-order valence-electron chi connectivity index (χ1n) is 9.69. The van der Waals surface area contributed by atoms with Crippen LogP contribution in [0.2, 0.25) is 5.02 Å². The van der Waals surface area contributed by atoms with E-state index in [0.717, 1.165) is 32.7 Å². The van der Waals surface area contributed by atoms with Gasteiger partial charge in [-0.3, -0.25) is 4.79 Å². The van der Waals surface area contributed by atoms with Crippen LogP contribution >= 0.6 is 23.4 Å². The maximum Gasteiger partial charge on any atom is 0.162 e. The number of fused-ring (bicyclic) bond motifs is 1. The first-order valence-corrected chi connectivity index (χ1v) is 11.1. The van der Waals surface area contributed by atoms with Gasteiger partial charge in [-0.1, -0.05) is 29.3 Å². The number of Topliss-reactive ketones (excluding diaryl/α,β-unsaturated/α-hetero) is 1. The van der Waals surface area contributed by atoms with Gasteiger partial charge in [0.2, 0.25) is 0 Å². The van der Waals surface area contributed by atoms with Crippen LogP contribution in [0.25, 0.3) is 16.6 Å². The molecule has 3 aromatic carbocycles. The number of aryl methyl sites for hydroxylation is 1. The predicted molar refractivity (Wildman–Crippen MR) is 125 cm³/mol. The zero-order chi connectivity index (χ0) is 21.4. The largest absolute Gasteiger partial charge is 0.508 e. The summed E-state index contributed by atoms with van der Waals surface area (Å²) in [6.45, 7) is 5.60. The van der Waals surface area contributed by atoms with E-state index in [4.69, 9.17) is 11.6 Å². The number of phenolic OH excluding ortho intramolecular Hbond substituents is 1. The lowest BCUT2D eigenvalue weighted by Gasteiger charge is -2.11. The fourth-order valence-corrected chi connectivity index (χ4v) is 4.91. The normalized spacial score (nSPS) is 11.2. The molecule has 0 aliphatic rings. The van der Waals surface area contributed by atoms with E-state index in [2.05, 4.69) is 35.8 Å². The zero-order valence-electron chi connectivity index (χ0n) is 17.1. The molecule has 152 valence electrons. The Morgan fingerprint density at radius 2 is 1.67 bits per heavy atom. The summed E-state index contributed by atoms with van der Waals surface area (Å²) in [5.41, 5.74) is 5.41. The van der Waals surface area contributed by atoms with Crippen molar-refractivity contribution in [3.63, 3.8) is 0 Å². The lowest BCUT2D eigenvalue weighted by molar-refractivity contribution is 0.101. The van der Waals surface area contributed by atoms with E-state index < -0.39 is 0 Å². The van der Waals surface area contributed by atoms with Gasteiger partial charge in [-0.25, -0.2) is 0 Å². The molecule has 0 atom stereocenters. The van der Waals surface area contributed by atoms with E-state index in [1.807, 2.05) is 37.3 Å². The van der Waals surface area contributed by atoms with Crippen molar-refractivity contribution in [1.29, 1.82) is 0 Å². The maximum absolute atomic E-state index is 12.6. The fraction of sp³-hybridized carbons (Fsp3) is 0.160. The number of nitrogens with zero attached hydrogens (tertiary/aromatic N) is 1. The van der Waals surface area contributed by atoms with Crippen molar-refractivity contribution in [2.45, 2.75) is 31.4 Å². The lowest BCUT2D eigenvalue weighted by Crippen LogP contribution is -1.99. The minimum absolute atomic E-state index is 0.00768. The number of carbonyl (C=O) groups is 1. The number of aromatic nitrogens is 1. The van der Waals surface area contributed by atoms with Crippen LogP contribution in [0.15, 0.2) is 65.6 Å². The van der Waals surface area contributed by atoms with E-state index in [-0.39, 0.29) is 11.5 Å². The number of ketones is 1. The van der Waals surface area contributed by atoms with Gasteiger partial charge in [-0.05, 0) is 69.3 Å². The molecular formula is C25H22ClNO2S. The molecule has 1 heterocycles. The third kappa shape index (κ3) is 3.73. The lowest BCUT2D eigenvalue weighted by atomic mass is 10.0. The fourth-order valence-electron chi connectivity index (χ4n) is 3.85. The summed E-state index contributed by atoms with van der Waals surface area (Å²) in [6, 6.07) is 19.5. The van der Waals surface area contributed by atoms with Crippen molar-refractivity contribution in [2.75, 3.05) is 0 Å². The number of hydrogen-bond acceptors (Lipinski definition) is 3. The summed E-state index contributed by atoms with van der Waals surface area (Å²) < 4.78 is 2.10. The minimum atomic E-state index is -0.00768. The Labute approximate surface area is 185 Å². The Kier molecular flexibility index (Phi) is 5.63. The number of hydrogen-bond donors (Lipinski definition) is 1. The Morgan fingerprint density at radius 1 is 1.00 bits per heavy atom. The molecule has 1 aromatic heterocycles. The molecule has 0 saturated carbocycles. The topological polar surface area (TPSA) is 42.2 Å². The average molecular weight is 436 g/mol. The molecule has 0 aliphatic carbocycles. The van der Waals surface area contributed by atoms with E-state index in [0.29, 0.717) is 16.3 Å². The molecule has 0 aliphatic heterocycles. The second-order valence-electron chi connectivity index (χ2n) is 7.39. The van der Waals surface area contributed by atoms with E-state index in [1.54, 1.807) is 24.8 Å². The number of benzene rings is 3. The monoisotopic (exact) mass is 435 g/mol. The van der Waals surface area contributed by atoms with Crippen LogP contribution in [0.1, 0.15) is 34.1 Å². The highest BCUT2D eigenvalue weighted by Crippen LogP contribution is 2.39. The highest BCUT2D eigenvalue weighted by Gasteiger charge is 2.22. The van der Waals surface area contributed by atoms with Crippen LogP contribution in [-0.2, 0) is 5.75 Å². The second-order valence-corrected chi connectivity index (χ2v) is 8.87. The van der Waals surface area contributed by atoms with Crippen molar-refractivity contribution in [1.82, 2.24) is 4.57 Å². The quantitative estimate of drug-likeness (QED) is 0.268. The third-order valence-corrected chi connectivity index (χ3v) is 6.59. The molecule has 0 bridgehead atoms. The molecule has 0 amide bonds. The van der Waals surface area contributed by atoms with Crippen LogP contribution in [0.3, 0.4) is 0 Å². The molecule has 0 unspecified atom stereocenters. The van der Waals surface area contributed by atoms with Crippen molar-refractivity contribution >= 4 is 40.0 Å². The summed E-state index contributed by atoms with van der Waals surface area (Å²) >= 11 is 7.59. The van der Waals surface area contributed by atoms with E-state index in [9.17, 15) is 9.90 Å². The van der Waals surface area contributed by atoms with E-state index >= 15 is 0 Å². The van der Waals surface area contributed by atoms with Gasteiger partial charge in [-0.15, -0.1) is 11.8 Å². The van der Waals surface area contributed by atoms with Crippen molar-refractivity contribution in [2.24, 2.45) is 0 Å².